The van der Waals surface area contributed by atoms with Crippen LogP contribution in [0, 0.1) is 0 Å². The first kappa shape index (κ1) is 18.1. The van der Waals surface area contributed by atoms with Gasteiger partial charge in [-0.25, -0.2) is 0 Å². The Labute approximate surface area is 150 Å². The van der Waals surface area contributed by atoms with E-state index in [4.69, 9.17) is 4.74 Å². The largest absolute Gasteiger partial charge is 0.390 e. The number of morpholine rings is 1. The van der Waals surface area contributed by atoms with Crippen molar-refractivity contribution in [2.75, 3.05) is 39.4 Å². The summed E-state index contributed by atoms with van der Waals surface area (Å²) < 4.78 is 7.53. The van der Waals surface area contributed by atoms with E-state index in [1.165, 1.54) is 11.3 Å². The van der Waals surface area contributed by atoms with Crippen LogP contribution in [0.5, 0.6) is 0 Å². The Hall–Kier alpha value is -1.66. The summed E-state index contributed by atoms with van der Waals surface area (Å²) in [4.78, 5) is 4.62. The molecule has 5 heteroatoms. The zero-order valence-electron chi connectivity index (χ0n) is 15.1. The predicted octanol–water partition coefficient (Wildman–Crippen LogP) is 1.72. The number of aromatic nitrogens is 1. The zero-order valence-corrected chi connectivity index (χ0v) is 15.1. The second-order valence-corrected chi connectivity index (χ2v) is 6.83. The molecule has 0 amide bonds. The van der Waals surface area contributed by atoms with Crippen LogP contribution in [0.3, 0.4) is 0 Å². The van der Waals surface area contributed by atoms with E-state index < -0.39 is 0 Å². The van der Waals surface area contributed by atoms with E-state index in [0.29, 0.717) is 13.1 Å². The van der Waals surface area contributed by atoms with Gasteiger partial charge in [0, 0.05) is 58.2 Å². The number of nitrogens with zero attached hydrogens (tertiary/aromatic N) is 3. The van der Waals surface area contributed by atoms with Crippen LogP contribution in [0.1, 0.15) is 11.3 Å². The summed E-state index contributed by atoms with van der Waals surface area (Å²) in [7, 11) is 2.07. The van der Waals surface area contributed by atoms with E-state index in [1.54, 1.807) is 0 Å². The SMILES string of the molecule is Cn1cccc1CN(Cc1ccccc1)C[C@@H](O)CN1CCOCC1. The second kappa shape index (κ2) is 9.15. The van der Waals surface area contributed by atoms with Crippen molar-refractivity contribution in [3.8, 4) is 0 Å². The van der Waals surface area contributed by atoms with Crippen molar-refractivity contribution >= 4 is 0 Å². The molecule has 2 aromatic rings. The fraction of sp³-hybridized carbons (Fsp3) is 0.500. The number of aryl methyl sites for hydroxylation is 1. The molecular formula is C20H29N3O2. The number of hydrogen-bond acceptors (Lipinski definition) is 4. The predicted molar refractivity (Wildman–Crippen MR) is 99.2 cm³/mol. The Morgan fingerprint density at radius 3 is 2.52 bits per heavy atom. The Kier molecular flexibility index (Phi) is 6.64. The first-order valence-electron chi connectivity index (χ1n) is 9.05. The molecule has 1 fully saturated rings. The van der Waals surface area contributed by atoms with Crippen LogP contribution in [-0.4, -0.2) is 65.0 Å². The maximum atomic E-state index is 10.6. The van der Waals surface area contributed by atoms with E-state index in [9.17, 15) is 5.11 Å². The molecule has 1 N–H and O–H groups in total. The van der Waals surface area contributed by atoms with Gasteiger partial charge in [0.05, 0.1) is 19.3 Å². The van der Waals surface area contributed by atoms with E-state index >= 15 is 0 Å². The first-order chi connectivity index (χ1) is 12.2. The van der Waals surface area contributed by atoms with Crippen LogP contribution >= 0.6 is 0 Å². The van der Waals surface area contributed by atoms with Gasteiger partial charge in [0.15, 0.2) is 0 Å². The molecule has 1 atom stereocenters. The van der Waals surface area contributed by atoms with Gasteiger partial charge in [-0.05, 0) is 17.7 Å². The molecule has 0 unspecified atom stereocenters. The fourth-order valence-corrected chi connectivity index (χ4v) is 3.35. The Balaban J connectivity index is 1.61. The topological polar surface area (TPSA) is 40.9 Å². The molecule has 3 rings (SSSR count). The number of aliphatic hydroxyl groups is 1. The first-order valence-corrected chi connectivity index (χ1v) is 9.05. The number of aliphatic hydroxyl groups excluding tert-OH is 1. The lowest BCUT2D eigenvalue weighted by Crippen LogP contribution is -2.44. The van der Waals surface area contributed by atoms with Crippen molar-refractivity contribution in [2.45, 2.75) is 19.2 Å². The average Bonchev–Trinajstić information content (AvgIpc) is 3.01. The highest BCUT2D eigenvalue weighted by Gasteiger charge is 2.18. The summed E-state index contributed by atoms with van der Waals surface area (Å²) in [5.41, 5.74) is 2.53. The van der Waals surface area contributed by atoms with Crippen molar-refractivity contribution in [1.29, 1.82) is 0 Å². The van der Waals surface area contributed by atoms with Crippen LogP contribution in [0.15, 0.2) is 48.7 Å². The van der Waals surface area contributed by atoms with E-state index in [0.717, 1.165) is 39.4 Å². The van der Waals surface area contributed by atoms with Gasteiger partial charge in [0.2, 0.25) is 0 Å². The summed E-state index contributed by atoms with van der Waals surface area (Å²) in [5, 5.41) is 10.6. The minimum Gasteiger partial charge on any atom is -0.390 e. The molecular weight excluding hydrogens is 314 g/mol. The molecule has 0 saturated carbocycles. The number of rotatable bonds is 8. The molecule has 0 radical (unpaired) electrons. The van der Waals surface area contributed by atoms with Crippen molar-refractivity contribution in [3.63, 3.8) is 0 Å². The lowest BCUT2D eigenvalue weighted by atomic mass is 10.2. The van der Waals surface area contributed by atoms with Gasteiger partial charge in [-0.2, -0.15) is 0 Å². The molecule has 5 nitrogen and oxygen atoms in total. The molecule has 1 aliphatic rings. The summed E-state index contributed by atoms with van der Waals surface area (Å²) in [5.74, 6) is 0. The van der Waals surface area contributed by atoms with E-state index in [1.807, 2.05) is 6.07 Å². The van der Waals surface area contributed by atoms with Crippen LogP contribution in [0.25, 0.3) is 0 Å². The van der Waals surface area contributed by atoms with Gasteiger partial charge in [-0.3, -0.25) is 9.80 Å². The zero-order chi connectivity index (χ0) is 17.5. The highest BCUT2D eigenvalue weighted by Crippen LogP contribution is 2.12. The second-order valence-electron chi connectivity index (χ2n) is 6.83. The molecule has 0 bridgehead atoms. The molecule has 0 spiro atoms. The molecule has 136 valence electrons. The quantitative estimate of drug-likeness (QED) is 0.792. The maximum Gasteiger partial charge on any atom is 0.0794 e. The maximum absolute atomic E-state index is 10.6. The molecule has 1 aromatic carbocycles. The van der Waals surface area contributed by atoms with Gasteiger partial charge >= 0.3 is 0 Å². The molecule has 1 aromatic heterocycles. The fourth-order valence-electron chi connectivity index (χ4n) is 3.35. The summed E-state index contributed by atoms with van der Waals surface area (Å²) >= 11 is 0. The van der Waals surface area contributed by atoms with E-state index in [2.05, 4.69) is 64.0 Å². The van der Waals surface area contributed by atoms with Crippen molar-refractivity contribution in [3.05, 3.63) is 59.9 Å². The van der Waals surface area contributed by atoms with Crippen molar-refractivity contribution in [1.82, 2.24) is 14.4 Å². The highest BCUT2D eigenvalue weighted by molar-refractivity contribution is 5.15. The minimum absolute atomic E-state index is 0.359. The monoisotopic (exact) mass is 343 g/mol. The lowest BCUT2D eigenvalue weighted by Gasteiger charge is -2.31. The van der Waals surface area contributed by atoms with Crippen LogP contribution in [-0.2, 0) is 24.9 Å². The van der Waals surface area contributed by atoms with Crippen LogP contribution in [0.2, 0.25) is 0 Å². The molecule has 2 heterocycles. The standard InChI is InChI=1S/C20H29N3O2/c1-21-9-5-8-19(21)15-23(14-18-6-3-2-4-7-18)17-20(24)16-22-10-12-25-13-11-22/h2-9,20,24H,10-17H2,1H3/t20-/m0/s1. The summed E-state index contributed by atoms with van der Waals surface area (Å²) in [6.07, 6.45) is 1.71. The Bertz CT molecular complexity index is 623. The summed E-state index contributed by atoms with van der Waals surface area (Å²) in [6.45, 7) is 6.40. The number of ether oxygens (including phenoxy) is 1. The Morgan fingerprint density at radius 2 is 1.84 bits per heavy atom. The van der Waals surface area contributed by atoms with Gasteiger partial charge in [-0.1, -0.05) is 30.3 Å². The minimum atomic E-state index is -0.359. The van der Waals surface area contributed by atoms with Crippen molar-refractivity contribution in [2.24, 2.45) is 7.05 Å². The molecule has 0 aliphatic carbocycles. The van der Waals surface area contributed by atoms with Gasteiger partial charge in [0.1, 0.15) is 0 Å². The summed E-state index contributed by atoms with van der Waals surface area (Å²) in [6, 6.07) is 14.7. The molecule has 1 aliphatic heterocycles. The third kappa shape index (κ3) is 5.68. The molecule has 25 heavy (non-hydrogen) atoms. The third-order valence-corrected chi connectivity index (χ3v) is 4.73. The average molecular weight is 343 g/mol. The third-order valence-electron chi connectivity index (χ3n) is 4.73. The van der Waals surface area contributed by atoms with Crippen LogP contribution < -0.4 is 0 Å². The van der Waals surface area contributed by atoms with Crippen molar-refractivity contribution < 1.29 is 9.84 Å². The highest BCUT2D eigenvalue weighted by atomic mass is 16.5. The smallest absolute Gasteiger partial charge is 0.0794 e. The van der Waals surface area contributed by atoms with Gasteiger partial charge < -0.3 is 14.4 Å². The van der Waals surface area contributed by atoms with Gasteiger partial charge in [0.25, 0.3) is 0 Å². The normalized spacial score (nSPS) is 17.1. The van der Waals surface area contributed by atoms with Crippen LogP contribution in [0.4, 0.5) is 0 Å². The van der Waals surface area contributed by atoms with Gasteiger partial charge in [-0.15, -0.1) is 0 Å². The van der Waals surface area contributed by atoms with E-state index in [-0.39, 0.29) is 6.10 Å². The number of hydrogen-bond donors (Lipinski definition) is 1. The molecule has 1 saturated heterocycles. The lowest BCUT2D eigenvalue weighted by molar-refractivity contribution is 0.00541. The number of β-amino-alcohol motifs (C(OH)–C–C–N with tert-alkyl or cyclic N) is 1. The Morgan fingerprint density at radius 1 is 1.08 bits per heavy atom. The number of benzene rings is 1.